The molecule has 0 saturated heterocycles. The zero-order chi connectivity index (χ0) is 7.70. The van der Waals surface area contributed by atoms with Gasteiger partial charge in [0.15, 0.2) is 5.88 Å². The Hall–Kier alpha value is -0.960. The predicted octanol–water partition coefficient (Wildman–Crippen LogP) is 0.496. The van der Waals surface area contributed by atoms with Crippen LogP contribution in [0.15, 0.2) is 24.1 Å². The molecule has 3 heteroatoms. The summed E-state index contributed by atoms with van der Waals surface area (Å²) in [6.07, 6.45) is 4.86. The number of rotatable bonds is 1. The molecule has 0 bridgehead atoms. The Kier molecular flexibility index (Phi) is 12.3. The van der Waals surface area contributed by atoms with E-state index in [4.69, 9.17) is 10.8 Å². The first kappa shape index (κ1) is 10.9. The van der Waals surface area contributed by atoms with Crippen LogP contribution in [-0.2, 0) is 0 Å². The summed E-state index contributed by atoms with van der Waals surface area (Å²) in [6, 6.07) is 0. The summed E-state index contributed by atoms with van der Waals surface area (Å²) in [6.45, 7) is 1.85. The fourth-order valence-electron chi connectivity index (χ4n) is 0.195. The molecule has 0 atom stereocenters. The molecule has 0 aromatic carbocycles. The summed E-state index contributed by atoms with van der Waals surface area (Å²) in [5.74, 6) is -0.155. The van der Waals surface area contributed by atoms with Crippen LogP contribution in [0.25, 0.3) is 0 Å². The van der Waals surface area contributed by atoms with E-state index in [1.54, 1.807) is 12.2 Å². The van der Waals surface area contributed by atoms with Gasteiger partial charge >= 0.3 is 0 Å². The normalized spacial score (nSPS) is 10.8. The van der Waals surface area contributed by atoms with Crippen LogP contribution in [0.3, 0.4) is 0 Å². The van der Waals surface area contributed by atoms with Crippen LogP contribution in [0.4, 0.5) is 0 Å². The topological polar surface area (TPSA) is 72.3 Å². The Morgan fingerprint density at radius 3 is 2.00 bits per heavy atom. The number of aliphatic hydroxyl groups is 1. The van der Waals surface area contributed by atoms with Gasteiger partial charge in [0.1, 0.15) is 0 Å². The third kappa shape index (κ3) is 19.4. The third-order valence-electron chi connectivity index (χ3n) is 0.459. The molecule has 0 spiro atoms. The van der Waals surface area contributed by atoms with Crippen LogP contribution in [0, 0.1) is 0 Å². The number of hydrogen-bond acceptors (Lipinski definition) is 3. The maximum Gasteiger partial charge on any atom is 0.181 e. The summed E-state index contributed by atoms with van der Waals surface area (Å²) >= 11 is 0. The van der Waals surface area contributed by atoms with Crippen molar-refractivity contribution < 1.29 is 5.11 Å². The lowest BCUT2D eigenvalue weighted by Crippen LogP contribution is -1.91. The van der Waals surface area contributed by atoms with Gasteiger partial charge in [-0.1, -0.05) is 12.2 Å². The van der Waals surface area contributed by atoms with Crippen molar-refractivity contribution in [1.29, 1.82) is 0 Å². The van der Waals surface area contributed by atoms with Crippen LogP contribution >= 0.6 is 0 Å². The van der Waals surface area contributed by atoms with Gasteiger partial charge in [-0.25, -0.2) is 0 Å². The van der Waals surface area contributed by atoms with E-state index < -0.39 is 0 Å². The SMILES string of the molecule is C/C=C\C=C(/N)O.CN. The molecule has 0 rings (SSSR count). The Bertz CT molecular complexity index is 93.2. The van der Waals surface area contributed by atoms with Crippen LogP contribution in [0.5, 0.6) is 0 Å². The van der Waals surface area contributed by atoms with E-state index in [9.17, 15) is 0 Å². The highest BCUT2D eigenvalue weighted by Gasteiger charge is 1.68. The molecular formula is C6H14N2O. The molecule has 0 amide bonds. The average molecular weight is 130 g/mol. The van der Waals surface area contributed by atoms with Gasteiger partial charge in [-0.2, -0.15) is 0 Å². The molecule has 0 unspecified atom stereocenters. The van der Waals surface area contributed by atoms with E-state index in [0.29, 0.717) is 0 Å². The number of allylic oxidation sites excluding steroid dienone is 3. The quantitative estimate of drug-likeness (QED) is 0.357. The zero-order valence-electron chi connectivity index (χ0n) is 5.83. The molecule has 54 valence electrons. The largest absolute Gasteiger partial charge is 0.495 e. The maximum absolute atomic E-state index is 8.27. The van der Waals surface area contributed by atoms with Crippen molar-refractivity contribution in [3.05, 3.63) is 24.1 Å². The van der Waals surface area contributed by atoms with E-state index in [0.717, 1.165) is 0 Å². The van der Waals surface area contributed by atoms with Crippen molar-refractivity contribution in [3.8, 4) is 0 Å². The first-order valence-corrected chi connectivity index (χ1v) is 2.62. The second-order valence-corrected chi connectivity index (χ2v) is 1.12. The summed E-state index contributed by atoms with van der Waals surface area (Å²) in [5, 5.41) is 8.27. The molecular weight excluding hydrogens is 116 g/mol. The molecule has 0 saturated carbocycles. The third-order valence-corrected chi connectivity index (χ3v) is 0.459. The predicted molar refractivity (Wildman–Crippen MR) is 39.8 cm³/mol. The van der Waals surface area contributed by atoms with Crippen molar-refractivity contribution in [2.24, 2.45) is 11.5 Å². The van der Waals surface area contributed by atoms with Gasteiger partial charge in [0, 0.05) is 0 Å². The summed E-state index contributed by atoms with van der Waals surface area (Å²) in [7, 11) is 1.50. The maximum atomic E-state index is 8.27. The van der Waals surface area contributed by atoms with Gasteiger partial charge < -0.3 is 16.6 Å². The van der Waals surface area contributed by atoms with E-state index in [2.05, 4.69) is 5.73 Å². The van der Waals surface area contributed by atoms with E-state index in [1.807, 2.05) is 6.92 Å². The van der Waals surface area contributed by atoms with Gasteiger partial charge in [-0.05, 0) is 20.0 Å². The summed E-state index contributed by atoms with van der Waals surface area (Å²) in [4.78, 5) is 0. The van der Waals surface area contributed by atoms with Gasteiger partial charge in [-0.3, -0.25) is 0 Å². The second kappa shape index (κ2) is 10.1. The molecule has 5 N–H and O–H groups in total. The Balaban J connectivity index is 0. The molecule has 0 aromatic heterocycles. The molecule has 0 aliphatic heterocycles. The molecule has 0 radical (unpaired) electrons. The standard InChI is InChI=1S/C5H9NO.CH5N/c1-2-3-4-5(6)7;1-2/h2-4,7H,6H2,1H3;2H2,1H3/b3-2-,5-4+;. The number of aliphatic hydroxyl groups excluding tert-OH is 1. The lowest BCUT2D eigenvalue weighted by molar-refractivity contribution is 0.406. The molecule has 0 aromatic rings. The molecule has 0 aliphatic rings. The highest BCUT2D eigenvalue weighted by molar-refractivity contribution is 5.02. The van der Waals surface area contributed by atoms with Gasteiger partial charge in [0.25, 0.3) is 0 Å². The minimum absolute atomic E-state index is 0.155. The molecule has 9 heavy (non-hydrogen) atoms. The zero-order valence-corrected chi connectivity index (χ0v) is 5.83. The fraction of sp³-hybridized carbons (Fsp3) is 0.333. The van der Waals surface area contributed by atoms with Crippen molar-refractivity contribution in [2.75, 3.05) is 7.05 Å². The van der Waals surface area contributed by atoms with Crippen LogP contribution in [0.2, 0.25) is 0 Å². The number of nitrogens with two attached hydrogens (primary N) is 2. The van der Waals surface area contributed by atoms with Gasteiger partial charge in [0.05, 0.1) is 0 Å². The Morgan fingerprint density at radius 2 is 1.89 bits per heavy atom. The fourth-order valence-corrected chi connectivity index (χ4v) is 0.195. The van der Waals surface area contributed by atoms with Crippen molar-refractivity contribution >= 4 is 0 Å². The molecule has 0 fully saturated rings. The molecule has 3 nitrogen and oxygen atoms in total. The van der Waals surface area contributed by atoms with Crippen molar-refractivity contribution in [2.45, 2.75) is 6.92 Å². The molecule has 0 aliphatic carbocycles. The van der Waals surface area contributed by atoms with Crippen LogP contribution in [0.1, 0.15) is 6.92 Å². The Morgan fingerprint density at radius 1 is 1.44 bits per heavy atom. The smallest absolute Gasteiger partial charge is 0.181 e. The minimum Gasteiger partial charge on any atom is -0.495 e. The van der Waals surface area contributed by atoms with Crippen LogP contribution < -0.4 is 11.5 Å². The van der Waals surface area contributed by atoms with Gasteiger partial charge in [-0.15, -0.1) is 0 Å². The van der Waals surface area contributed by atoms with E-state index >= 15 is 0 Å². The lowest BCUT2D eigenvalue weighted by Gasteiger charge is -1.79. The van der Waals surface area contributed by atoms with Gasteiger partial charge in [0.2, 0.25) is 0 Å². The summed E-state index contributed by atoms with van der Waals surface area (Å²) in [5.41, 5.74) is 9.34. The molecule has 0 heterocycles. The monoisotopic (exact) mass is 130 g/mol. The minimum atomic E-state index is -0.155. The first-order valence-electron chi connectivity index (χ1n) is 2.62. The first-order chi connectivity index (χ1) is 4.27. The highest BCUT2D eigenvalue weighted by Crippen LogP contribution is 1.75. The Labute approximate surface area is 55.7 Å². The number of hydrogen-bond donors (Lipinski definition) is 3. The average Bonchev–Trinajstić information content (AvgIpc) is 1.88. The second-order valence-electron chi connectivity index (χ2n) is 1.12. The van der Waals surface area contributed by atoms with E-state index in [-0.39, 0.29) is 5.88 Å². The van der Waals surface area contributed by atoms with Crippen molar-refractivity contribution in [1.82, 2.24) is 0 Å². The lowest BCUT2D eigenvalue weighted by atomic mass is 10.5. The summed E-state index contributed by atoms with van der Waals surface area (Å²) < 4.78 is 0. The van der Waals surface area contributed by atoms with Crippen LogP contribution in [-0.4, -0.2) is 12.2 Å². The van der Waals surface area contributed by atoms with Crippen molar-refractivity contribution in [3.63, 3.8) is 0 Å². The highest BCUT2D eigenvalue weighted by atomic mass is 16.3. The van der Waals surface area contributed by atoms with E-state index in [1.165, 1.54) is 13.1 Å².